The molecule has 5 heteroatoms. The second-order valence-corrected chi connectivity index (χ2v) is 16.5. The first kappa shape index (κ1) is 19.2. The van der Waals surface area contributed by atoms with Gasteiger partial charge in [0.25, 0.3) is 0 Å². The molecule has 0 aromatic heterocycles. The van der Waals surface area contributed by atoms with Crippen molar-refractivity contribution >= 4 is 29.7 Å². The smallest absolute Gasteiger partial charge is 0.244 e. The average Bonchev–Trinajstić information content (AvgIpc) is 3.14. The van der Waals surface area contributed by atoms with Gasteiger partial charge in [-0.15, -0.1) is 0 Å². The van der Waals surface area contributed by atoms with Crippen molar-refractivity contribution in [3.63, 3.8) is 0 Å². The molecule has 4 rings (SSSR count). The van der Waals surface area contributed by atoms with Crippen LogP contribution < -0.4 is 0 Å². The van der Waals surface area contributed by atoms with Crippen LogP contribution in [0.1, 0.15) is 80.1 Å². The van der Waals surface area contributed by atoms with Gasteiger partial charge in [-0.3, -0.25) is 0 Å². The van der Waals surface area contributed by atoms with E-state index in [4.69, 9.17) is 33.1 Å². The Labute approximate surface area is 164 Å². The van der Waals surface area contributed by atoms with Gasteiger partial charge in [0.1, 0.15) is 0 Å². The molecule has 0 aromatic rings. The summed E-state index contributed by atoms with van der Waals surface area (Å²) in [6.45, 7) is 14.2. The minimum absolute atomic E-state index is 0.177. The number of hydrogen-bond acceptors (Lipinski definition) is 3. The van der Waals surface area contributed by atoms with Crippen LogP contribution >= 0.6 is 17.9 Å². The molecular formula is C20H35O2PS2. The van der Waals surface area contributed by atoms with Crippen molar-refractivity contribution in [1.29, 1.82) is 0 Å². The zero-order chi connectivity index (χ0) is 18.5. The predicted molar refractivity (Wildman–Crippen MR) is 111 cm³/mol. The molecule has 6 atom stereocenters. The Kier molecular flexibility index (Phi) is 4.23. The lowest BCUT2D eigenvalue weighted by molar-refractivity contribution is -0.0446. The fourth-order valence-corrected chi connectivity index (χ4v) is 10.0. The van der Waals surface area contributed by atoms with Gasteiger partial charge in [0.05, 0.1) is 12.2 Å². The maximum Gasteiger partial charge on any atom is 0.244 e. The van der Waals surface area contributed by atoms with Crippen molar-refractivity contribution in [1.82, 2.24) is 0 Å². The first-order chi connectivity index (χ1) is 11.3. The highest BCUT2D eigenvalue weighted by atomic mass is 32.9. The van der Waals surface area contributed by atoms with Crippen molar-refractivity contribution in [2.75, 3.05) is 0 Å². The van der Waals surface area contributed by atoms with Gasteiger partial charge >= 0.3 is 0 Å². The second-order valence-electron chi connectivity index (χ2n) is 11.3. The molecule has 0 spiro atoms. The van der Waals surface area contributed by atoms with E-state index >= 15 is 0 Å². The van der Waals surface area contributed by atoms with Crippen molar-refractivity contribution < 1.29 is 9.05 Å². The molecule has 0 aliphatic heterocycles. The molecular weight excluding hydrogens is 367 g/mol. The molecule has 0 N–H and O–H groups in total. The summed E-state index contributed by atoms with van der Waals surface area (Å²) < 4.78 is 13.3. The normalized spacial score (nSPS) is 49.9. The van der Waals surface area contributed by atoms with Crippen LogP contribution in [0.15, 0.2) is 0 Å². The Hall–Kier alpha value is 0.920. The Morgan fingerprint density at radius 3 is 1.44 bits per heavy atom. The lowest BCUT2D eigenvalue weighted by Gasteiger charge is -2.47. The minimum Gasteiger partial charge on any atom is -0.317 e. The van der Waals surface area contributed by atoms with Crippen molar-refractivity contribution in [3.05, 3.63) is 0 Å². The molecule has 4 aliphatic carbocycles. The third-order valence-electron chi connectivity index (χ3n) is 8.75. The Morgan fingerprint density at radius 1 is 0.800 bits per heavy atom. The first-order valence-corrected chi connectivity index (χ1v) is 13.8. The van der Waals surface area contributed by atoms with Crippen molar-refractivity contribution in [2.24, 2.45) is 33.5 Å². The third-order valence-corrected chi connectivity index (χ3v) is 10.8. The SMILES string of the molecule is CC1(C)[C@H]2CC[C@](C)(C2)[C@H]1OP(=S)(S)O[C@H]1C(C)(C)[C@H]2CC[C@]1(C)C2. The Morgan fingerprint density at radius 2 is 1.16 bits per heavy atom. The van der Waals surface area contributed by atoms with E-state index in [0.717, 1.165) is 11.8 Å². The Balaban J connectivity index is 1.54. The van der Waals surface area contributed by atoms with Gasteiger partial charge in [0.15, 0.2) is 0 Å². The largest absolute Gasteiger partial charge is 0.317 e. The van der Waals surface area contributed by atoms with E-state index in [1.165, 1.54) is 38.5 Å². The van der Waals surface area contributed by atoms with Gasteiger partial charge < -0.3 is 9.05 Å². The van der Waals surface area contributed by atoms with Crippen LogP contribution in [-0.2, 0) is 20.9 Å². The summed E-state index contributed by atoms with van der Waals surface area (Å²) in [5.41, 5.74) is -1.72. The van der Waals surface area contributed by atoms with Crippen LogP contribution in [0.25, 0.3) is 0 Å². The highest BCUT2D eigenvalue weighted by molar-refractivity contribution is 8.60. The molecule has 144 valence electrons. The molecule has 0 amide bonds. The van der Waals surface area contributed by atoms with E-state index in [1.54, 1.807) is 0 Å². The molecule has 4 fully saturated rings. The van der Waals surface area contributed by atoms with Gasteiger partial charge in [-0.2, -0.15) is 0 Å². The predicted octanol–water partition coefficient (Wildman–Crippen LogP) is 6.60. The molecule has 0 saturated heterocycles. The standard InChI is InChI=1S/C20H35O2PS2/c1-17(2)13-7-9-19(5,11-13)15(17)21-23(24,25)22-16-18(3,4)14-8-10-20(16,6)12-14/h13-16H,7-12H2,1-6H3,(H,24,25)/t13-,14-,15-,16-,19+,20+/m0/s1. The molecule has 4 bridgehead atoms. The van der Waals surface area contributed by atoms with Crippen LogP contribution in [-0.4, -0.2) is 12.2 Å². The maximum atomic E-state index is 6.63. The van der Waals surface area contributed by atoms with Gasteiger partial charge in [0.2, 0.25) is 5.69 Å². The molecule has 0 heterocycles. The quantitative estimate of drug-likeness (QED) is 0.422. The first-order valence-electron chi connectivity index (χ1n) is 10.00. The number of fused-ring (bicyclic) bond motifs is 4. The van der Waals surface area contributed by atoms with Crippen LogP contribution in [0.4, 0.5) is 0 Å². The van der Waals surface area contributed by atoms with E-state index in [2.05, 4.69) is 41.5 Å². The summed E-state index contributed by atoms with van der Waals surface area (Å²) >= 11 is 10.7. The van der Waals surface area contributed by atoms with Gasteiger partial charge in [-0.1, -0.05) is 53.8 Å². The molecule has 25 heavy (non-hydrogen) atoms. The molecule has 2 nitrogen and oxygen atoms in total. The van der Waals surface area contributed by atoms with E-state index in [1.807, 2.05) is 0 Å². The van der Waals surface area contributed by atoms with E-state index in [0.29, 0.717) is 0 Å². The molecule has 4 saturated carbocycles. The highest BCUT2D eigenvalue weighted by Gasteiger charge is 2.63. The zero-order valence-electron chi connectivity index (χ0n) is 16.7. The van der Waals surface area contributed by atoms with E-state index in [-0.39, 0.29) is 33.9 Å². The summed E-state index contributed by atoms with van der Waals surface area (Å²) in [5, 5.41) is 0. The molecule has 0 unspecified atom stereocenters. The van der Waals surface area contributed by atoms with Crippen molar-refractivity contribution in [2.45, 2.75) is 92.3 Å². The second kappa shape index (κ2) is 5.50. The van der Waals surface area contributed by atoms with Crippen LogP contribution in [0.3, 0.4) is 0 Å². The topological polar surface area (TPSA) is 18.5 Å². The van der Waals surface area contributed by atoms with Gasteiger partial charge in [-0.05, 0) is 83.8 Å². The van der Waals surface area contributed by atoms with Crippen LogP contribution in [0, 0.1) is 33.5 Å². The summed E-state index contributed by atoms with van der Waals surface area (Å²) in [5.74, 6) is 1.50. The number of thiol groups is 1. The summed E-state index contributed by atoms with van der Waals surface area (Å²) in [6, 6.07) is 0. The molecule has 4 aliphatic rings. The highest BCUT2D eigenvalue weighted by Crippen LogP contribution is 2.72. The third kappa shape index (κ3) is 2.76. The zero-order valence-corrected chi connectivity index (χ0v) is 19.3. The fraction of sp³-hybridized carbons (Fsp3) is 1.00. The molecule has 0 radical (unpaired) electrons. The molecule has 0 aromatic carbocycles. The van der Waals surface area contributed by atoms with Crippen LogP contribution in [0.2, 0.25) is 0 Å². The summed E-state index contributed by atoms with van der Waals surface area (Å²) in [6.07, 6.45) is 8.05. The minimum atomic E-state index is -2.57. The van der Waals surface area contributed by atoms with Crippen LogP contribution in [0.5, 0.6) is 0 Å². The number of rotatable bonds is 4. The lowest BCUT2D eigenvalue weighted by Crippen LogP contribution is -2.43. The lowest BCUT2D eigenvalue weighted by atomic mass is 9.70. The summed E-state index contributed by atoms with van der Waals surface area (Å²) in [4.78, 5) is 0. The maximum absolute atomic E-state index is 6.63. The van der Waals surface area contributed by atoms with Gasteiger partial charge in [0, 0.05) is 0 Å². The summed E-state index contributed by atoms with van der Waals surface area (Å²) in [7, 11) is 0. The van der Waals surface area contributed by atoms with Crippen molar-refractivity contribution in [3.8, 4) is 0 Å². The number of hydrogen-bond donors (Lipinski definition) is 1. The van der Waals surface area contributed by atoms with E-state index in [9.17, 15) is 0 Å². The fourth-order valence-electron chi connectivity index (χ4n) is 7.33. The Bertz CT molecular complexity index is 574. The van der Waals surface area contributed by atoms with Gasteiger partial charge in [-0.25, -0.2) is 0 Å². The monoisotopic (exact) mass is 402 g/mol. The van der Waals surface area contributed by atoms with E-state index < -0.39 is 5.69 Å². The average molecular weight is 403 g/mol.